The lowest BCUT2D eigenvalue weighted by molar-refractivity contribution is 0.0399. The maximum atomic E-state index is 11.9. The van der Waals surface area contributed by atoms with Crippen LogP contribution in [0.5, 0.6) is 0 Å². The van der Waals surface area contributed by atoms with Crippen molar-refractivity contribution in [1.29, 1.82) is 0 Å². The minimum Gasteiger partial charge on any atom is -0.461 e. The van der Waals surface area contributed by atoms with E-state index in [2.05, 4.69) is 28.7 Å². The Hall–Kier alpha value is -1.23. The van der Waals surface area contributed by atoms with Crippen molar-refractivity contribution in [3.63, 3.8) is 0 Å². The topological polar surface area (TPSA) is 52.1 Å². The normalized spacial score (nSPS) is 23.0. The van der Waals surface area contributed by atoms with Gasteiger partial charge in [-0.05, 0) is 42.6 Å². The second kappa shape index (κ2) is 6.09. The first-order valence-electron chi connectivity index (χ1n) is 6.35. The monoisotopic (exact) mass is 266 g/mol. The van der Waals surface area contributed by atoms with E-state index in [1.807, 2.05) is 6.92 Å². The Morgan fingerprint density at radius 2 is 2.28 bits per heavy atom. The molecule has 1 aromatic rings. The molecule has 98 valence electrons. The number of nitrogens with zero attached hydrogens (tertiary/aromatic N) is 2. The van der Waals surface area contributed by atoms with Crippen molar-refractivity contribution in [3.8, 4) is 0 Å². The molecule has 2 atom stereocenters. The number of carbonyl (C=O) groups is 1. The van der Waals surface area contributed by atoms with E-state index in [0.717, 1.165) is 30.1 Å². The molecule has 2 unspecified atom stereocenters. The quantitative estimate of drug-likeness (QED) is 0.621. The van der Waals surface area contributed by atoms with Gasteiger partial charge in [-0.2, -0.15) is 0 Å². The molecular formula is C13H18N2O2S. The zero-order chi connectivity index (χ0) is 13.0. The van der Waals surface area contributed by atoms with Gasteiger partial charge in [0.2, 0.25) is 0 Å². The van der Waals surface area contributed by atoms with Crippen molar-refractivity contribution in [2.75, 3.05) is 6.61 Å². The number of hydrogen-bond acceptors (Lipinski definition) is 5. The summed E-state index contributed by atoms with van der Waals surface area (Å²) in [6, 6.07) is 0. The molecule has 0 amide bonds. The third-order valence-electron chi connectivity index (χ3n) is 3.42. The Kier molecular flexibility index (Phi) is 4.47. The molecule has 0 spiro atoms. The van der Waals surface area contributed by atoms with E-state index in [1.54, 1.807) is 0 Å². The summed E-state index contributed by atoms with van der Waals surface area (Å²) in [4.78, 5) is 12.5. The molecule has 1 aromatic heterocycles. The molecule has 0 N–H and O–H groups in total. The predicted molar refractivity (Wildman–Crippen MR) is 70.6 cm³/mol. The van der Waals surface area contributed by atoms with Crippen LogP contribution in [0, 0.1) is 11.8 Å². The van der Waals surface area contributed by atoms with Crippen molar-refractivity contribution in [2.45, 2.75) is 33.1 Å². The predicted octanol–water partition coefficient (Wildman–Crippen LogP) is 2.86. The second-order valence-corrected chi connectivity index (χ2v) is 5.44. The third kappa shape index (κ3) is 2.96. The molecule has 0 radical (unpaired) electrons. The molecule has 5 heteroatoms. The number of aromatic nitrogens is 2. The third-order valence-corrected chi connectivity index (χ3v) is 4.17. The lowest BCUT2D eigenvalue weighted by Gasteiger charge is -2.24. The van der Waals surface area contributed by atoms with Crippen LogP contribution < -0.4 is 0 Å². The molecule has 0 saturated carbocycles. The summed E-state index contributed by atoms with van der Waals surface area (Å²) in [5.74, 6) is 0.738. The van der Waals surface area contributed by atoms with Crippen LogP contribution in [0.3, 0.4) is 0 Å². The van der Waals surface area contributed by atoms with Crippen molar-refractivity contribution in [2.24, 2.45) is 11.8 Å². The molecular weight excluding hydrogens is 248 g/mol. The molecule has 0 aromatic carbocycles. The number of ether oxygens (including phenoxy) is 1. The lowest BCUT2D eigenvalue weighted by atomic mass is 9.85. The first-order chi connectivity index (χ1) is 8.72. The molecule has 0 aliphatic heterocycles. The number of esters is 1. The standard InChI is InChI=1S/C13H18N2O2S/c1-3-11-12(18-15-14-11)13(16)17-8-10-7-5-4-6-9(10)2/h4-5,9-10H,3,6-8H2,1-2H3. The number of allylic oxidation sites excluding steroid dienone is 2. The summed E-state index contributed by atoms with van der Waals surface area (Å²) in [6.07, 6.45) is 7.15. The number of aryl methyl sites for hydroxylation is 1. The van der Waals surface area contributed by atoms with Gasteiger partial charge in [-0.1, -0.05) is 30.5 Å². The molecule has 1 aliphatic carbocycles. The largest absolute Gasteiger partial charge is 0.461 e. The molecule has 1 heterocycles. The fourth-order valence-electron chi connectivity index (χ4n) is 2.08. The van der Waals surface area contributed by atoms with Gasteiger partial charge in [0.15, 0.2) is 4.88 Å². The number of hydrogen-bond donors (Lipinski definition) is 0. The summed E-state index contributed by atoms with van der Waals surface area (Å²) >= 11 is 1.12. The van der Waals surface area contributed by atoms with E-state index in [0.29, 0.717) is 29.7 Å². The first-order valence-corrected chi connectivity index (χ1v) is 7.13. The van der Waals surface area contributed by atoms with Gasteiger partial charge in [-0.25, -0.2) is 4.79 Å². The minimum absolute atomic E-state index is 0.274. The Balaban J connectivity index is 1.90. The Morgan fingerprint density at radius 3 is 3.00 bits per heavy atom. The molecule has 0 saturated heterocycles. The second-order valence-electron chi connectivity index (χ2n) is 4.68. The van der Waals surface area contributed by atoms with Gasteiger partial charge >= 0.3 is 5.97 Å². The molecule has 4 nitrogen and oxygen atoms in total. The van der Waals surface area contributed by atoms with E-state index >= 15 is 0 Å². The highest BCUT2D eigenvalue weighted by Crippen LogP contribution is 2.25. The lowest BCUT2D eigenvalue weighted by Crippen LogP contribution is -2.21. The van der Waals surface area contributed by atoms with Crippen LogP contribution in [0.15, 0.2) is 12.2 Å². The van der Waals surface area contributed by atoms with Gasteiger partial charge in [-0.15, -0.1) is 5.10 Å². The van der Waals surface area contributed by atoms with Gasteiger partial charge < -0.3 is 4.74 Å². The molecule has 0 bridgehead atoms. The average molecular weight is 266 g/mol. The van der Waals surface area contributed by atoms with Crippen LogP contribution in [-0.4, -0.2) is 22.2 Å². The van der Waals surface area contributed by atoms with E-state index < -0.39 is 0 Å². The first kappa shape index (κ1) is 13.2. The number of carbonyl (C=O) groups excluding carboxylic acids is 1. The highest BCUT2D eigenvalue weighted by molar-refractivity contribution is 7.07. The zero-order valence-corrected chi connectivity index (χ0v) is 11.6. The smallest absolute Gasteiger partial charge is 0.351 e. The molecule has 1 aliphatic rings. The van der Waals surface area contributed by atoms with Gasteiger partial charge in [-0.3, -0.25) is 0 Å². The molecule has 18 heavy (non-hydrogen) atoms. The van der Waals surface area contributed by atoms with E-state index in [4.69, 9.17) is 4.74 Å². The maximum Gasteiger partial charge on any atom is 0.351 e. The summed E-state index contributed by atoms with van der Waals surface area (Å²) in [5.41, 5.74) is 0.738. The van der Waals surface area contributed by atoms with Crippen LogP contribution in [0.4, 0.5) is 0 Å². The van der Waals surface area contributed by atoms with Crippen molar-refractivity contribution in [3.05, 3.63) is 22.7 Å². The Labute approximate surface area is 111 Å². The van der Waals surface area contributed by atoms with Gasteiger partial charge in [0.05, 0.1) is 12.3 Å². The maximum absolute atomic E-state index is 11.9. The summed E-state index contributed by atoms with van der Waals surface area (Å²) in [5, 5.41) is 3.92. The van der Waals surface area contributed by atoms with Crippen molar-refractivity contribution < 1.29 is 9.53 Å². The SMILES string of the molecule is CCc1nnsc1C(=O)OCC1CC=CCC1C. The van der Waals surface area contributed by atoms with E-state index in [-0.39, 0.29) is 5.97 Å². The van der Waals surface area contributed by atoms with Crippen LogP contribution in [0.2, 0.25) is 0 Å². The van der Waals surface area contributed by atoms with Crippen molar-refractivity contribution >= 4 is 17.5 Å². The fourth-order valence-corrected chi connectivity index (χ4v) is 2.73. The van der Waals surface area contributed by atoms with E-state index in [1.165, 1.54) is 0 Å². The summed E-state index contributed by atoms with van der Waals surface area (Å²) < 4.78 is 9.20. The highest BCUT2D eigenvalue weighted by Gasteiger charge is 2.22. The Bertz CT molecular complexity index is 442. The van der Waals surface area contributed by atoms with Crippen molar-refractivity contribution in [1.82, 2.24) is 9.59 Å². The van der Waals surface area contributed by atoms with Crippen LogP contribution in [0.25, 0.3) is 0 Å². The zero-order valence-electron chi connectivity index (χ0n) is 10.8. The highest BCUT2D eigenvalue weighted by atomic mass is 32.1. The summed E-state index contributed by atoms with van der Waals surface area (Å²) in [7, 11) is 0. The molecule has 0 fully saturated rings. The van der Waals surface area contributed by atoms with Gasteiger partial charge in [0.1, 0.15) is 0 Å². The van der Waals surface area contributed by atoms with Gasteiger partial charge in [0.25, 0.3) is 0 Å². The van der Waals surface area contributed by atoms with Crippen LogP contribution in [-0.2, 0) is 11.2 Å². The molecule has 2 rings (SSSR count). The number of rotatable bonds is 4. The van der Waals surface area contributed by atoms with Crippen LogP contribution in [0.1, 0.15) is 42.1 Å². The van der Waals surface area contributed by atoms with Crippen LogP contribution >= 0.6 is 11.5 Å². The average Bonchev–Trinajstić information content (AvgIpc) is 2.86. The summed E-state index contributed by atoms with van der Waals surface area (Å²) in [6.45, 7) is 4.65. The minimum atomic E-state index is -0.274. The fraction of sp³-hybridized carbons (Fsp3) is 0.615. The van der Waals surface area contributed by atoms with E-state index in [9.17, 15) is 4.79 Å². The van der Waals surface area contributed by atoms with Gasteiger partial charge in [0, 0.05) is 0 Å². The Morgan fingerprint density at radius 1 is 1.50 bits per heavy atom.